The zero-order valence-electron chi connectivity index (χ0n) is 17.4. The predicted molar refractivity (Wildman–Crippen MR) is 118 cm³/mol. The Morgan fingerprint density at radius 2 is 1.80 bits per heavy atom. The van der Waals surface area contributed by atoms with Gasteiger partial charge in [0, 0.05) is 42.7 Å². The molecule has 1 amide bonds. The van der Waals surface area contributed by atoms with Crippen molar-refractivity contribution < 1.29 is 19.1 Å². The summed E-state index contributed by atoms with van der Waals surface area (Å²) in [5.74, 6) is -0.104. The Kier molecular flexibility index (Phi) is 6.77. The van der Waals surface area contributed by atoms with Gasteiger partial charge >= 0.3 is 5.97 Å². The molecule has 1 aliphatic heterocycles. The van der Waals surface area contributed by atoms with Crippen molar-refractivity contribution in [1.82, 2.24) is 5.01 Å². The molecule has 2 aromatic carbocycles. The largest absolute Gasteiger partial charge is 0.446 e. The van der Waals surface area contributed by atoms with Crippen LogP contribution in [0.3, 0.4) is 0 Å². The molecular weight excluding hydrogens is 450 g/mol. The quantitative estimate of drug-likeness (QED) is 0.457. The third-order valence-corrected chi connectivity index (χ3v) is 5.19. The van der Waals surface area contributed by atoms with E-state index in [0.717, 1.165) is 28.8 Å². The van der Waals surface area contributed by atoms with Crippen LogP contribution in [0.2, 0.25) is 0 Å². The lowest BCUT2D eigenvalue weighted by atomic mass is 10.1. The lowest BCUT2D eigenvalue weighted by Gasteiger charge is -2.22. The van der Waals surface area contributed by atoms with Crippen LogP contribution in [-0.4, -0.2) is 35.9 Å². The van der Waals surface area contributed by atoms with E-state index < -0.39 is 12.2 Å². The normalized spacial score (nSPS) is 15.4. The smallest absolute Gasteiger partial charge is 0.308 e. The van der Waals surface area contributed by atoms with Gasteiger partial charge in [0.2, 0.25) is 18.0 Å². The summed E-state index contributed by atoms with van der Waals surface area (Å²) in [6.07, 6.45) is -0.841. The molecule has 7 nitrogen and oxygen atoms in total. The molecular formula is C22H24BrN3O4. The zero-order chi connectivity index (χ0) is 21.8. The molecule has 0 saturated carbocycles. The van der Waals surface area contributed by atoms with Crippen LogP contribution in [0.1, 0.15) is 45.0 Å². The fraction of sp³-hybridized carbons (Fsp3) is 0.318. The molecule has 3 rings (SSSR count). The molecule has 1 unspecified atom stereocenters. The molecule has 30 heavy (non-hydrogen) atoms. The highest BCUT2D eigenvalue weighted by molar-refractivity contribution is 9.10. The second-order valence-corrected chi connectivity index (χ2v) is 7.65. The average molecular weight is 474 g/mol. The Bertz CT molecular complexity index is 971. The lowest BCUT2D eigenvalue weighted by Crippen LogP contribution is -2.26. The number of hydrogen-bond donors (Lipinski definition) is 0. The molecule has 1 atom stereocenters. The standard InChI is InChI=1S/C22H24BrN3O4/c1-5-25(6-2)18-10-7-16(8-11-18)21-24-26(14(3)27)22(30-21)19-13-17(23)9-12-20(19)29-15(4)28/h7-13,22H,5-6H2,1-4H3. The molecule has 0 aliphatic carbocycles. The highest BCUT2D eigenvalue weighted by atomic mass is 79.9. The fourth-order valence-electron chi connectivity index (χ4n) is 3.25. The van der Waals surface area contributed by atoms with E-state index in [4.69, 9.17) is 9.47 Å². The zero-order valence-corrected chi connectivity index (χ0v) is 19.0. The van der Waals surface area contributed by atoms with E-state index >= 15 is 0 Å². The second-order valence-electron chi connectivity index (χ2n) is 6.73. The maximum absolute atomic E-state index is 12.3. The van der Waals surface area contributed by atoms with Gasteiger partial charge in [0.05, 0.1) is 5.56 Å². The summed E-state index contributed by atoms with van der Waals surface area (Å²) >= 11 is 3.42. The summed E-state index contributed by atoms with van der Waals surface area (Å²) in [5.41, 5.74) is 2.38. The van der Waals surface area contributed by atoms with Crippen molar-refractivity contribution in [3.8, 4) is 5.75 Å². The van der Waals surface area contributed by atoms with Crippen LogP contribution in [0.4, 0.5) is 5.69 Å². The van der Waals surface area contributed by atoms with E-state index in [1.54, 1.807) is 18.2 Å². The van der Waals surface area contributed by atoms with Crippen molar-refractivity contribution in [2.75, 3.05) is 18.0 Å². The first-order valence-corrected chi connectivity index (χ1v) is 10.5. The number of hydrazone groups is 1. The minimum Gasteiger partial charge on any atom is -0.446 e. The predicted octanol–water partition coefficient (Wildman–Crippen LogP) is 4.46. The molecule has 0 N–H and O–H groups in total. The van der Waals surface area contributed by atoms with Gasteiger partial charge in [-0.25, -0.2) is 0 Å². The molecule has 158 valence electrons. The molecule has 0 aromatic heterocycles. The minimum absolute atomic E-state index is 0.288. The Morgan fingerprint density at radius 3 is 2.37 bits per heavy atom. The van der Waals surface area contributed by atoms with Gasteiger partial charge in [0.15, 0.2) is 0 Å². The van der Waals surface area contributed by atoms with Crippen molar-refractivity contribution in [2.24, 2.45) is 5.10 Å². The molecule has 1 heterocycles. The monoisotopic (exact) mass is 473 g/mol. The number of carbonyl (C=O) groups is 2. The minimum atomic E-state index is -0.841. The van der Waals surface area contributed by atoms with Crippen LogP contribution >= 0.6 is 15.9 Å². The van der Waals surface area contributed by atoms with E-state index in [0.29, 0.717) is 17.2 Å². The number of rotatable bonds is 6. The van der Waals surface area contributed by atoms with Gasteiger partial charge in [-0.3, -0.25) is 9.59 Å². The summed E-state index contributed by atoms with van der Waals surface area (Å²) in [7, 11) is 0. The highest BCUT2D eigenvalue weighted by Gasteiger charge is 2.35. The van der Waals surface area contributed by atoms with Gasteiger partial charge < -0.3 is 14.4 Å². The number of esters is 1. The third-order valence-electron chi connectivity index (χ3n) is 4.70. The SMILES string of the molecule is CCN(CC)c1ccc(C2=NN(C(C)=O)C(c3cc(Br)ccc3OC(C)=O)O2)cc1. The first-order valence-electron chi connectivity index (χ1n) is 9.72. The van der Waals surface area contributed by atoms with Gasteiger partial charge in [0.25, 0.3) is 0 Å². The molecule has 0 bridgehead atoms. The van der Waals surface area contributed by atoms with Crippen molar-refractivity contribution in [1.29, 1.82) is 0 Å². The maximum atomic E-state index is 12.3. The van der Waals surface area contributed by atoms with Gasteiger partial charge in [0.1, 0.15) is 5.75 Å². The molecule has 0 fully saturated rings. The Morgan fingerprint density at radius 1 is 1.13 bits per heavy atom. The van der Waals surface area contributed by atoms with E-state index in [2.05, 4.69) is 39.8 Å². The Balaban J connectivity index is 1.93. The van der Waals surface area contributed by atoms with Crippen LogP contribution in [0.15, 0.2) is 52.0 Å². The Hall–Kier alpha value is -2.87. The van der Waals surface area contributed by atoms with E-state index in [-0.39, 0.29) is 5.91 Å². The van der Waals surface area contributed by atoms with E-state index in [1.165, 1.54) is 18.9 Å². The maximum Gasteiger partial charge on any atom is 0.308 e. The highest BCUT2D eigenvalue weighted by Crippen LogP contribution is 2.37. The van der Waals surface area contributed by atoms with Crippen LogP contribution in [0.25, 0.3) is 0 Å². The van der Waals surface area contributed by atoms with Crippen LogP contribution in [0.5, 0.6) is 5.75 Å². The van der Waals surface area contributed by atoms with Gasteiger partial charge in [-0.2, -0.15) is 5.01 Å². The number of anilines is 1. The molecule has 0 saturated heterocycles. The van der Waals surface area contributed by atoms with E-state index in [1.807, 2.05) is 24.3 Å². The summed E-state index contributed by atoms with van der Waals surface area (Å²) in [6, 6.07) is 13.0. The summed E-state index contributed by atoms with van der Waals surface area (Å²) in [5, 5.41) is 5.64. The molecule has 1 aliphatic rings. The summed E-state index contributed by atoms with van der Waals surface area (Å²) in [4.78, 5) is 26.0. The molecule has 0 radical (unpaired) electrons. The van der Waals surface area contributed by atoms with Crippen molar-refractivity contribution in [2.45, 2.75) is 33.9 Å². The van der Waals surface area contributed by atoms with Gasteiger partial charge in [-0.1, -0.05) is 15.9 Å². The van der Waals surface area contributed by atoms with Crippen LogP contribution in [-0.2, 0) is 14.3 Å². The number of hydrogen-bond acceptors (Lipinski definition) is 6. The van der Waals surface area contributed by atoms with Gasteiger partial charge in [-0.15, -0.1) is 5.10 Å². The summed E-state index contributed by atoms with van der Waals surface area (Å²) in [6.45, 7) is 8.77. The number of nitrogens with zero attached hydrogens (tertiary/aromatic N) is 3. The number of halogens is 1. The Labute approximate surface area is 184 Å². The molecule has 2 aromatic rings. The van der Waals surface area contributed by atoms with Gasteiger partial charge in [-0.05, 0) is 56.3 Å². The number of amides is 1. The number of carbonyl (C=O) groups excluding carboxylic acids is 2. The summed E-state index contributed by atoms with van der Waals surface area (Å²) < 4.78 is 12.1. The van der Waals surface area contributed by atoms with Crippen molar-refractivity contribution in [3.05, 3.63) is 58.1 Å². The average Bonchev–Trinajstić information content (AvgIpc) is 3.16. The molecule has 0 spiro atoms. The number of benzene rings is 2. The van der Waals surface area contributed by atoms with Crippen LogP contribution < -0.4 is 9.64 Å². The van der Waals surface area contributed by atoms with Crippen molar-refractivity contribution in [3.63, 3.8) is 0 Å². The van der Waals surface area contributed by atoms with Crippen LogP contribution in [0, 0.1) is 0 Å². The first-order chi connectivity index (χ1) is 14.3. The number of ether oxygens (including phenoxy) is 2. The van der Waals surface area contributed by atoms with E-state index in [9.17, 15) is 9.59 Å². The molecule has 8 heteroatoms. The van der Waals surface area contributed by atoms with Crippen molar-refractivity contribution >= 4 is 39.4 Å². The lowest BCUT2D eigenvalue weighted by molar-refractivity contribution is -0.135. The topological polar surface area (TPSA) is 71.4 Å². The first kappa shape index (κ1) is 21.8. The third kappa shape index (κ3) is 4.64. The fourth-order valence-corrected chi connectivity index (χ4v) is 3.63. The second kappa shape index (κ2) is 9.30.